The molecule has 0 N–H and O–H groups in total. The second-order valence-electron chi connectivity index (χ2n) is 7.91. The highest BCUT2D eigenvalue weighted by Crippen LogP contribution is 2.29. The molecular formula is C27H25NO3. The normalized spacial score (nSPS) is 14.4. The van der Waals surface area contributed by atoms with Crippen LogP contribution >= 0.6 is 0 Å². The molecule has 0 unspecified atom stereocenters. The first kappa shape index (κ1) is 20.7. The van der Waals surface area contributed by atoms with Gasteiger partial charge in [0.15, 0.2) is 0 Å². The van der Waals surface area contributed by atoms with Crippen molar-refractivity contribution < 1.29 is 14.4 Å². The first-order chi connectivity index (χ1) is 15.2. The number of carbonyl (C=O) groups is 2. The third kappa shape index (κ3) is 5.34. The Morgan fingerprint density at radius 3 is 1.97 bits per heavy atom. The third-order valence-electron chi connectivity index (χ3n) is 5.72. The Kier molecular flexibility index (Phi) is 6.68. The SMILES string of the molecule is O=C(ON=C(CC1CCCC1)C(=O)c1ccc(-c2ccccc2)cc1)c1ccccc1. The van der Waals surface area contributed by atoms with E-state index in [1.165, 1.54) is 12.8 Å². The molecule has 31 heavy (non-hydrogen) atoms. The fourth-order valence-corrected chi connectivity index (χ4v) is 3.99. The Balaban J connectivity index is 1.54. The van der Waals surface area contributed by atoms with Crippen LogP contribution in [0.25, 0.3) is 11.1 Å². The quantitative estimate of drug-likeness (QED) is 0.198. The lowest BCUT2D eigenvalue weighted by molar-refractivity contribution is 0.0514. The number of rotatable bonds is 7. The molecule has 0 radical (unpaired) electrons. The predicted molar refractivity (Wildman–Crippen MR) is 122 cm³/mol. The van der Waals surface area contributed by atoms with Crippen LogP contribution in [-0.4, -0.2) is 17.5 Å². The second kappa shape index (κ2) is 9.98. The highest BCUT2D eigenvalue weighted by atomic mass is 16.7. The molecule has 1 aliphatic carbocycles. The summed E-state index contributed by atoms with van der Waals surface area (Å²) in [5.41, 5.74) is 3.40. The fourth-order valence-electron chi connectivity index (χ4n) is 3.99. The number of benzene rings is 3. The lowest BCUT2D eigenvalue weighted by atomic mass is 9.94. The van der Waals surface area contributed by atoms with Gasteiger partial charge in [-0.25, -0.2) is 4.79 Å². The van der Waals surface area contributed by atoms with Crippen LogP contribution in [0.1, 0.15) is 52.8 Å². The standard InChI is InChI=1S/C27H25NO3/c29-26(23-17-15-22(16-18-23)21-11-3-1-4-12-21)25(19-20-9-7-8-10-20)28-31-27(30)24-13-5-2-6-14-24/h1-6,11-18,20H,7-10,19H2. The maximum Gasteiger partial charge on any atom is 0.365 e. The van der Waals surface area contributed by atoms with Gasteiger partial charge in [-0.05, 0) is 35.6 Å². The summed E-state index contributed by atoms with van der Waals surface area (Å²) in [6.07, 6.45) is 5.02. The Labute approximate surface area is 182 Å². The first-order valence-corrected chi connectivity index (χ1v) is 10.7. The van der Waals surface area contributed by atoms with Crippen LogP contribution < -0.4 is 0 Å². The lowest BCUT2D eigenvalue weighted by Crippen LogP contribution is -2.19. The molecule has 3 aromatic rings. The van der Waals surface area contributed by atoms with Crippen molar-refractivity contribution in [2.24, 2.45) is 11.1 Å². The monoisotopic (exact) mass is 411 g/mol. The first-order valence-electron chi connectivity index (χ1n) is 10.7. The minimum atomic E-state index is -0.559. The molecule has 0 heterocycles. The second-order valence-corrected chi connectivity index (χ2v) is 7.91. The zero-order valence-corrected chi connectivity index (χ0v) is 17.4. The van der Waals surface area contributed by atoms with Gasteiger partial charge in [0.25, 0.3) is 0 Å². The van der Waals surface area contributed by atoms with E-state index in [1.54, 1.807) is 24.3 Å². The summed E-state index contributed by atoms with van der Waals surface area (Å²) in [5.74, 6) is -0.342. The van der Waals surface area contributed by atoms with Crippen molar-refractivity contribution in [1.82, 2.24) is 0 Å². The minimum Gasteiger partial charge on any atom is -0.312 e. The smallest absolute Gasteiger partial charge is 0.312 e. The van der Waals surface area contributed by atoms with E-state index in [2.05, 4.69) is 5.16 Å². The molecule has 1 fully saturated rings. The molecule has 1 saturated carbocycles. The number of carbonyl (C=O) groups excluding carboxylic acids is 2. The van der Waals surface area contributed by atoms with Crippen molar-refractivity contribution in [1.29, 1.82) is 0 Å². The van der Waals surface area contributed by atoms with Gasteiger partial charge in [-0.15, -0.1) is 0 Å². The zero-order valence-electron chi connectivity index (χ0n) is 17.4. The average molecular weight is 412 g/mol. The van der Waals surface area contributed by atoms with Crippen LogP contribution in [0.3, 0.4) is 0 Å². The number of hydrogen-bond donors (Lipinski definition) is 0. The van der Waals surface area contributed by atoms with Crippen molar-refractivity contribution >= 4 is 17.5 Å². The van der Waals surface area contributed by atoms with Gasteiger partial charge in [0.2, 0.25) is 5.78 Å². The van der Waals surface area contributed by atoms with Crippen molar-refractivity contribution in [3.63, 3.8) is 0 Å². The van der Waals surface area contributed by atoms with Gasteiger partial charge in [-0.1, -0.05) is 104 Å². The van der Waals surface area contributed by atoms with Crippen LogP contribution in [0.15, 0.2) is 90.1 Å². The molecule has 1 aliphatic rings. The zero-order chi connectivity index (χ0) is 21.5. The molecule has 3 aromatic carbocycles. The van der Waals surface area contributed by atoms with Gasteiger partial charge in [0.05, 0.1) is 5.56 Å². The lowest BCUT2D eigenvalue weighted by Gasteiger charge is -2.11. The van der Waals surface area contributed by atoms with E-state index in [-0.39, 0.29) is 5.78 Å². The van der Waals surface area contributed by atoms with Crippen LogP contribution in [0.5, 0.6) is 0 Å². The van der Waals surface area contributed by atoms with E-state index < -0.39 is 5.97 Å². The molecule has 0 saturated heterocycles. The van der Waals surface area contributed by atoms with E-state index >= 15 is 0 Å². The predicted octanol–water partition coefficient (Wildman–Crippen LogP) is 6.33. The fraction of sp³-hybridized carbons (Fsp3) is 0.222. The summed E-state index contributed by atoms with van der Waals surface area (Å²) >= 11 is 0. The average Bonchev–Trinajstić information content (AvgIpc) is 3.35. The van der Waals surface area contributed by atoms with Gasteiger partial charge < -0.3 is 4.84 Å². The van der Waals surface area contributed by atoms with Crippen molar-refractivity contribution in [3.05, 3.63) is 96.1 Å². The Morgan fingerprint density at radius 2 is 1.32 bits per heavy atom. The maximum absolute atomic E-state index is 13.2. The van der Waals surface area contributed by atoms with Gasteiger partial charge in [-0.3, -0.25) is 4.79 Å². The summed E-state index contributed by atoms with van der Waals surface area (Å²) in [6, 6.07) is 26.2. The van der Waals surface area contributed by atoms with Gasteiger partial charge in [0, 0.05) is 5.56 Å². The molecule has 0 bridgehead atoms. The summed E-state index contributed by atoms with van der Waals surface area (Å²) < 4.78 is 0. The molecule has 4 nitrogen and oxygen atoms in total. The van der Waals surface area contributed by atoms with Crippen LogP contribution in [0.4, 0.5) is 0 Å². The van der Waals surface area contributed by atoms with Gasteiger partial charge >= 0.3 is 5.97 Å². The van der Waals surface area contributed by atoms with E-state index in [9.17, 15) is 9.59 Å². The Bertz CT molecular complexity index is 1050. The number of Topliss-reactive ketones (excluding diaryl/α,β-unsaturated/α-hetero) is 1. The summed E-state index contributed by atoms with van der Waals surface area (Å²) in [5, 5.41) is 4.04. The summed E-state index contributed by atoms with van der Waals surface area (Å²) in [6.45, 7) is 0. The summed E-state index contributed by atoms with van der Waals surface area (Å²) in [7, 11) is 0. The minimum absolute atomic E-state index is 0.188. The van der Waals surface area contributed by atoms with Gasteiger partial charge in [0.1, 0.15) is 5.71 Å². The molecule has 156 valence electrons. The van der Waals surface area contributed by atoms with Crippen LogP contribution in [-0.2, 0) is 4.84 Å². The van der Waals surface area contributed by atoms with Crippen molar-refractivity contribution in [2.75, 3.05) is 0 Å². The molecule has 0 amide bonds. The number of hydrogen-bond acceptors (Lipinski definition) is 4. The Morgan fingerprint density at radius 1 is 0.742 bits per heavy atom. The Hall–Kier alpha value is -3.53. The van der Waals surface area contributed by atoms with Crippen LogP contribution in [0.2, 0.25) is 0 Å². The summed E-state index contributed by atoms with van der Waals surface area (Å²) in [4.78, 5) is 30.7. The highest BCUT2D eigenvalue weighted by molar-refractivity contribution is 6.46. The molecule has 0 spiro atoms. The molecular weight excluding hydrogens is 386 g/mol. The number of oxime groups is 1. The maximum atomic E-state index is 13.2. The highest BCUT2D eigenvalue weighted by Gasteiger charge is 2.23. The van der Waals surface area contributed by atoms with Gasteiger partial charge in [-0.2, -0.15) is 0 Å². The molecule has 4 heteroatoms. The molecule has 0 aliphatic heterocycles. The van der Waals surface area contributed by atoms with E-state index in [0.29, 0.717) is 29.2 Å². The van der Waals surface area contributed by atoms with E-state index in [1.807, 2.05) is 60.7 Å². The van der Waals surface area contributed by atoms with E-state index in [0.717, 1.165) is 24.0 Å². The molecule has 0 aromatic heterocycles. The van der Waals surface area contributed by atoms with E-state index in [4.69, 9.17) is 4.84 Å². The largest absolute Gasteiger partial charge is 0.365 e. The number of ketones is 1. The molecule has 0 atom stereocenters. The number of nitrogens with zero attached hydrogens (tertiary/aromatic N) is 1. The van der Waals surface area contributed by atoms with Crippen molar-refractivity contribution in [2.45, 2.75) is 32.1 Å². The van der Waals surface area contributed by atoms with Crippen molar-refractivity contribution in [3.8, 4) is 11.1 Å². The molecule has 4 rings (SSSR count). The van der Waals surface area contributed by atoms with Crippen LogP contribution in [0, 0.1) is 5.92 Å². The topological polar surface area (TPSA) is 55.7 Å². The third-order valence-corrected chi connectivity index (χ3v) is 5.72.